The molecule has 1 aromatic rings. The second kappa shape index (κ2) is 4.02. The maximum atomic E-state index is 10.6. The highest BCUT2D eigenvalue weighted by Crippen LogP contribution is 2.28. The number of thiazole rings is 1. The van der Waals surface area contributed by atoms with Crippen molar-refractivity contribution < 1.29 is 4.79 Å². The molecule has 0 bridgehead atoms. The van der Waals surface area contributed by atoms with Crippen molar-refractivity contribution in [3.8, 4) is 0 Å². The molecular weight excluding hydrogens is 196 g/mol. The predicted molar refractivity (Wildman–Crippen MR) is 57.7 cm³/mol. The summed E-state index contributed by atoms with van der Waals surface area (Å²) in [4.78, 5) is 15.9. The molecule has 0 radical (unpaired) electrons. The van der Waals surface area contributed by atoms with E-state index in [1.165, 1.54) is 21.8 Å². The molecule has 2 rings (SSSR count). The predicted octanol–water partition coefficient (Wildman–Crippen LogP) is 1.64. The van der Waals surface area contributed by atoms with Crippen LogP contribution in [0, 0.1) is 6.92 Å². The van der Waals surface area contributed by atoms with E-state index in [2.05, 4.69) is 16.4 Å². The summed E-state index contributed by atoms with van der Waals surface area (Å²) in [6.45, 7) is 3.89. The van der Waals surface area contributed by atoms with E-state index < -0.39 is 0 Å². The summed E-state index contributed by atoms with van der Waals surface area (Å²) in [5.74, 6) is 0. The summed E-state index contributed by atoms with van der Waals surface area (Å²) in [7, 11) is 0. The van der Waals surface area contributed by atoms with Crippen LogP contribution in [0.15, 0.2) is 6.08 Å². The van der Waals surface area contributed by atoms with Gasteiger partial charge in [-0.15, -0.1) is 11.3 Å². The Kier molecular flexibility index (Phi) is 2.74. The van der Waals surface area contributed by atoms with Gasteiger partial charge < -0.3 is 5.32 Å². The molecule has 0 spiro atoms. The maximum Gasteiger partial charge on any atom is 0.178 e. The Morgan fingerprint density at radius 3 is 3.07 bits per heavy atom. The van der Waals surface area contributed by atoms with Crippen molar-refractivity contribution in [3.05, 3.63) is 21.7 Å². The molecule has 0 aliphatic carbocycles. The first kappa shape index (κ1) is 9.55. The molecule has 0 amide bonds. The van der Waals surface area contributed by atoms with Gasteiger partial charge >= 0.3 is 0 Å². The number of nitrogens with zero attached hydrogens (tertiary/aromatic N) is 1. The summed E-state index contributed by atoms with van der Waals surface area (Å²) in [6, 6.07) is 0. The van der Waals surface area contributed by atoms with Gasteiger partial charge in [-0.25, -0.2) is 4.98 Å². The normalized spacial score (nSPS) is 16.5. The zero-order chi connectivity index (χ0) is 9.97. The third kappa shape index (κ3) is 1.76. The van der Waals surface area contributed by atoms with Gasteiger partial charge in [-0.1, -0.05) is 6.08 Å². The molecule has 0 saturated heterocycles. The largest absolute Gasteiger partial charge is 0.313 e. The fraction of sp³-hybridized carbons (Fsp3) is 0.400. The first-order chi connectivity index (χ1) is 6.81. The van der Waals surface area contributed by atoms with Crippen LogP contribution < -0.4 is 5.32 Å². The Morgan fingerprint density at radius 1 is 1.64 bits per heavy atom. The van der Waals surface area contributed by atoms with E-state index in [1.54, 1.807) is 0 Å². The molecule has 0 atom stereocenters. The summed E-state index contributed by atoms with van der Waals surface area (Å²) in [5, 5.41) is 3.84. The van der Waals surface area contributed by atoms with Gasteiger partial charge in [0.2, 0.25) is 0 Å². The fourth-order valence-electron chi connectivity index (χ4n) is 1.59. The number of nitrogens with one attached hydrogen (secondary N) is 1. The summed E-state index contributed by atoms with van der Waals surface area (Å²) in [6.07, 6.45) is 4.03. The Morgan fingerprint density at radius 2 is 2.50 bits per heavy atom. The molecule has 4 heteroatoms. The zero-order valence-electron chi connectivity index (χ0n) is 8.04. The second-order valence-electron chi connectivity index (χ2n) is 3.27. The lowest BCUT2D eigenvalue weighted by molar-refractivity contribution is 0.112. The van der Waals surface area contributed by atoms with Crippen molar-refractivity contribution in [2.45, 2.75) is 13.3 Å². The molecule has 14 heavy (non-hydrogen) atoms. The highest BCUT2D eigenvalue weighted by molar-refractivity contribution is 7.14. The maximum absolute atomic E-state index is 10.6. The highest BCUT2D eigenvalue weighted by atomic mass is 32.1. The van der Waals surface area contributed by atoms with Crippen LogP contribution in [0.5, 0.6) is 0 Å². The van der Waals surface area contributed by atoms with Gasteiger partial charge in [-0.3, -0.25) is 4.79 Å². The third-order valence-corrected chi connectivity index (χ3v) is 3.43. The number of carbonyl (C=O) groups is 1. The Bertz CT molecular complexity index is 381. The van der Waals surface area contributed by atoms with Gasteiger partial charge in [0.1, 0.15) is 0 Å². The number of aldehydes is 1. The molecule has 0 unspecified atom stereocenters. The van der Waals surface area contributed by atoms with Gasteiger partial charge in [0, 0.05) is 6.54 Å². The number of carbonyl (C=O) groups excluding carboxylic acids is 1. The van der Waals surface area contributed by atoms with E-state index in [9.17, 15) is 4.79 Å². The first-order valence-electron chi connectivity index (χ1n) is 4.64. The van der Waals surface area contributed by atoms with Crippen molar-refractivity contribution >= 4 is 23.2 Å². The van der Waals surface area contributed by atoms with Gasteiger partial charge in [0.25, 0.3) is 0 Å². The van der Waals surface area contributed by atoms with Gasteiger partial charge in [0.15, 0.2) is 11.3 Å². The minimum atomic E-state index is 0.580. The SMILES string of the molecule is Cc1nc(C=O)sc1C1=CCNCC1. The summed E-state index contributed by atoms with van der Waals surface area (Å²) in [5.41, 5.74) is 2.30. The van der Waals surface area contributed by atoms with Crippen LogP contribution >= 0.6 is 11.3 Å². The molecule has 0 fully saturated rings. The van der Waals surface area contributed by atoms with Crippen molar-refractivity contribution in [2.24, 2.45) is 0 Å². The van der Waals surface area contributed by atoms with Crippen LogP contribution in [-0.2, 0) is 0 Å². The van der Waals surface area contributed by atoms with Crippen LogP contribution in [-0.4, -0.2) is 24.4 Å². The van der Waals surface area contributed by atoms with Crippen LogP contribution in [0.3, 0.4) is 0 Å². The molecule has 1 aliphatic heterocycles. The molecule has 1 aliphatic rings. The van der Waals surface area contributed by atoms with Crippen LogP contribution in [0.25, 0.3) is 5.57 Å². The summed E-state index contributed by atoms with van der Waals surface area (Å²) < 4.78 is 0. The molecule has 0 aromatic carbocycles. The number of aromatic nitrogens is 1. The Balaban J connectivity index is 2.34. The lowest BCUT2D eigenvalue weighted by Crippen LogP contribution is -2.19. The minimum absolute atomic E-state index is 0.580. The fourth-order valence-corrected chi connectivity index (χ4v) is 2.54. The van der Waals surface area contributed by atoms with Gasteiger partial charge in [0.05, 0.1) is 10.6 Å². The van der Waals surface area contributed by atoms with E-state index in [0.29, 0.717) is 5.01 Å². The minimum Gasteiger partial charge on any atom is -0.313 e. The number of aryl methyl sites for hydroxylation is 1. The van der Waals surface area contributed by atoms with E-state index in [-0.39, 0.29) is 0 Å². The van der Waals surface area contributed by atoms with E-state index in [1.807, 2.05) is 6.92 Å². The molecule has 1 aromatic heterocycles. The molecule has 74 valence electrons. The van der Waals surface area contributed by atoms with E-state index in [4.69, 9.17) is 0 Å². The average molecular weight is 208 g/mol. The van der Waals surface area contributed by atoms with Crippen LogP contribution in [0.2, 0.25) is 0 Å². The standard InChI is InChI=1S/C10H12N2OS/c1-7-10(14-9(6-13)12-7)8-2-4-11-5-3-8/h2,6,11H,3-5H2,1H3. The lowest BCUT2D eigenvalue weighted by atomic mass is 10.1. The van der Waals surface area contributed by atoms with Crippen LogP contribution in [0.1, 0.15) is 26.8 Å². The van der Waals surface area contributed by atoms with Gasteiger partial charge in [-0.05, 0) is 25.5 Å². The van der Waals surface area contributed by atoms with Crippen LogP contribution in [0.4, 0.5) is 0 Å². The first-order valence-corrected chi connectivity index (χ1v) is 5.45. The van der Waals surface area contributed by atoms with Crippen molar-refractivity contribution in [1.82, 2.24) is 10.3 Å². The molecule has 2 heterocycles. The molecular formula is C10H12N2OS. The molecule has 0 saturated carbocycles. The van der Waals surface area contributed by atoms with E-state index >= 15 is 0 Å². The summed E-state index contributed by atoms with van der Waals surface area (Å²) >= 11 is 1.49. The topological polar surface area (TPSA) is 42.0 Å². The third-order valence-electron chi connectivity index (χ3n) is 2.27. The lowest BCUT2D eigenvalue weighted by Gasteiger charge is -2.12. The number of hydrogen-bond donors (Lipinski definition) is 1. The second-order valence-corrected chi connectivity index (χ2v) is 4.30. The smallest absolute Gasteiger partial charge is 0.178 e. The highest BCUT2D eigenvalue weighted by Gasteiger charge is 2.12. The van der Waals surface area contributed by atoms with Crippen molar-refractivity contribution in [3.63, 3.8) is 0 Å². The van der Waals surface area contributed by atoms with Crippen molar-refractivity contribution in [2.75, 3.05) is 13.1 Å². The number of hydrogen-bond acceptors (Lipinski definition) is 4. The van der Waals surface area contributed by atoms with E-state index in [0.717, 1.165) is 31.5 Å². The Labute approximate surface area is 86.9 Å². The quantitative estimate of drug-likeness (QED) is 0.751. The average Bonchev–Trinajstić information content (AvgIpc) is 2.61. The zero-order valence-corrected chi connectivity index (χ0v) is 8.86. The molecule has 3 nitrogen and oxygen atoms in total. The van der Waals surface area contributed by atoms with Gasteiger partial charge in [-0.2, -0.15) is 0 Å². The Hall–Kier alpha value is -1.00. The van der Waals surface area contributed by atoms with Crippen molar-refractivity contribution in [1.29, 1.82) is 0 Å². The number of rotatable bonds is 2. The molecule has 1 N–H and O–H groups in total. The monoisotopic (exact) mass is 208 g/mol.